The molecular weight excluding hydrogens is 574 g/mol. The van der Waals surface area contributed by atoms with Crippen LogP contribution in [0.4, 0.5) is 5.69 Å². The molecule has 0 radical (unpaired) electrons. The third kappa shape index (κ3) is 4.31. The lowest BCUT2D eigenvalue weighted by Gasteiger charge is -2.50. The molecule has 0 aromatic heterocycles. The van der Waals surface area contributed by atoms with Gasteiger partial charge >= 0.3 is 0 Å². The molecule has 3 N–H and O–H groups in total. The van der Waals surface area contributed by atoms with Crippen LogP contribution in [0.5, 0.6) is 5.75 Å². The van der Waals surface area contributed by atoms with Crippen LogP contribution in [0.1, 0.15) is 35.4 Å². The van der Waals surface area contributed by atoms with Crippen molar-refractivity contribution in [3.63, 3.8) is 0 Å². The minimum atomic E-state index is -1.37. The topological polar surface area (TPSA) is 136 Å². The lowest BCUT2D eigenvalue weighted by atomic mass is 9.49. The number of nitrogens with one attached hydrogen (secondary N) is 1. The number of ether oxygens (including phenoxy) is 1. The number of amides is 4. The van der Waals surface area contributed by atoms with Crippen LogP contribution in [0.25, 0.3) is 0 Å². The van der Waals surface area contributed by atoms with Gasteiger partial charge in [-0.15, -0.1) is 0 Å². The lowest BCUT2D eigenvalue weighted by molar-refractivity contribution is -0.173. The molecule has 4 amide bonds. The Hall–Kier alpha value is -4.80. The average molecular weight is 608 g/mol. The summed E-state index contributed by atoms with van der Waals surface area (Å²) in [6.45, 7) is 1.93. The van der Waals surface area contributed by atoms with Gasteiger partial charge in [-0.1, -0.05) is 71.8 Å². The van der Waals surface area contributed by atoms with Crippen molar-refractivity contribution < 1.29 is 34.2 Å². The molecule has 0 bridgehead atoms. The van der Waals surface area contributed by atoms with Crippen molar-refractivity contribution >= 4 is 29.3 Å². The van der Waals surface area contributed by atoms with Crippen molar-refractivity contribution in [3.8, 4) is 5.75 Å². The fourth-order valence-corrected chi connectivity index (χ4v) is 8.03. The van der Waals surface area contributed by atoms with E-state index in [1.807, 2.05) is 67.6 Å². The maximum Gasteiger partial charge on any atom is 0.260 e. The number of nitrogens with zero attached hydrogens (tertiary/aromatic N) is 2. The summed E-state index contributed by atoms with van der Waals surface area (Å²) in [6.07, 6.45) is 2.32. The van der Waals surface area contributed by atoms with Gasteiger partial charge in [0.2, 0.25) is 0 Å². The Kier molecular flexibility index (Phi) is 7.06. The third-order valence-corrected chi connectivity index (χ3v) is 9.94. The Morgan fingerprint density at radius 2 is 1.60 bits per heavy atom. The number of aliphatic hydroxyl groups excluding tert-OH is 1. The summed E-state index contributed by atoms with van der Waals surface area (Å²) >= 11 is 0. The van der Waals surface area contributed by atoms with Crippen LogP contribution in [-0.2, 0) is 24.6 Å². The number of hydrazine groups is 1. The highest BCUT2D eigenvalue weighted by molar-refractivity contribution is 6.13. The van der Waals surface area contributed by atoms with Crippen molar-refractivity contribution in [1.29, 1.82) is 0 Å². The first kappa shape index (κ1) is 28.9. The normalized spacial score (nSPS) is 28.9. The Balaban J connectivity index is 1.43. The van der Waals surface area contributed by atoms with Crippen molar-refractivity contribution in [1.82, 2.24) is 10.1 Å². The second-order valence-electron chi connectivity index (χ2n) is 12.2. The number of aryl methyl sites for hydroxylation is 1. The Bertz CT molecular complexity index is 1710. The largest absolute Gasteiger partial charge is 0.491 e. The van der Waals surface area contributed by atoms with Gasteiger partial charge in [-0.25, -0.2) is 0 Å². The summed E-state index contributed by atoms with van der Waals surface area (Å²) in [4.78, 5) is 55.7. The summed E-state index contributed by atoms with van der Waals surface area (Å²) in [5.41, 5.74) is 5.52. The van der Waals surface area contributed by atoms with Crippen LogP contribution < -0.4 is 10.2 Å². The highest BCUT2D eigenvalue weighted by Gasteiger charge is 2.70. The maximum atomic E-state index is 15.0. The van der Waals surface area contributed by atoms with Gasteiger partial charge < -0.3 is 9.84 Å². The number of allylic oxidation sites excluding steroid dienone is 2. The second kappa shape index (κ2) is 11.0. The molecule has 10 nitrogen and oxygen atoms in total. The number of hydrogen-bond donors (Lipinski definition) is 3. The Labute approximate surface area is 259 Å². The molecule has 6 atom stereocenters. The molecule has 0 spiro atoms. The highest BCUT2D eigenvalue weighted by atomic mass is 16.5. The standard InChI is InChI=1S/C35H33N3O7/c1-20-7-11-23(12-8-20)36-37-32(41)28-19-27-25(15-16-26-29(27)33(42)38(44)31(26)40)30(21-9-13-24(14-10-21)45-18-17-39)35(28,34(37)43)22-5-3-2-4-6-22/h2-15,26-30,36,39,44H,16-19H2,1H3. The fourth-order valence-electron chi connectivity index (χ4n) is 8.03. The van der Waals surface area contributed by atoms with E-state index < -0.39 is 58.6 Å². The number of carbonyl (C=O) groups excluding carboxylic acids is 4. The van der Waals surface area contributed by atoms with Gasteiger partial charge in [0.05, 0.1) is 35.5 Å². The molecule has 7 rings (SSSR count). The first-order valence-electron chi connectivity index (χ1n) is 15.1. The first-order chi connectivity index (χ1) is 21.8. The number of benzene rings is 3. The number of imide groups is 2. The zero-order chi connectivity index (χ0) is 31.5. The van der Waals surface area contributed by atoms with Crippen molar-refractivity contribution in [2.75, 3.05) is 18.6 Å². The fraction of sp³-hybridized carbons (Fsp3) is 0.314. The molecule has 3 aromatic rings. The maximum absolute atomic E-state index is 15.0. The van der Waals surface area contributed by atoms with Gasteiger partial charge in [-0.2, -0.15) is 10.1 Å². The molecule has 2 heterocycles. The Morgan fingerprint density at radius 1 is 0.889 bits per heavy atom. The number of rotatable bonds is 7. The second-order valence-corrected chi connectivity index (χ2v) is 12.2. The number of anilines is 1. The van der Waals surface area contributed by atoms with E-state index in [-0.39, 0.29) is 31.1 Å². The van der Waals surface area contributed by atoms with E-state index in [0.717, 1.165) is 21.7 Å². The number of hydroxylamine groups is 2. The summed E-state index contributed by atoms with van der Waals surface area (Å²) in [7, 11) is 0. The zero-order valence-electron chi connectivity index (χ0n) is 24.6. The number of carbonyl (C=O) groups is 4. The van der Waals surface area contributed by atoms with Crippen LogP contribution >= 0.6 is 0 Å². The molecule has 2 saturated heterocycles. The molecule has 2 aliphatic carbocycles. The molecular formula is C35H33N3O7. The van der Waals surface area contributed by atoms with Gasteiger partial charge in [-0.3, -0.25) is 29.8 Å². The van der Waals surface area contributed by atoms with Gasteiger partial charge in [0, 0.05) is 5.92 Å². The van der Waals surface area contributed by atoms with Gasteiger partial charge in [0.15, 0.2) is 0 Å². The van der Waals surface area contributed by atoms with E-state index in [0.29, 0.717) is 17.0 Å². The Morgan fingerprint density at radius 3 is 2.29 bits per heavy atom. The molecule has 10 heteroatoms. The molecule has 3 aromatic carbocycles. The molecule has 2 aliphatic heterocycles. The van der Waals surface area contributed by atoms with Crippen LogP contribution in [-0.4, -0.2) is 57.2 Å². The average Bonchev–Trinajstić information content (AvgIpc) is 3.42. The number of hydrogen-bond acceptors (Lipinski definition) is 8. The number of fused-ring (bicyclic) bond motifs is 4. The first-order valence-corrected chi connectivity index (χ1v) is 15.1. The molecule has 230 valence electrons. The van der Waals surface area contributed by atoms with Crippen LogP contribution in [0.3, 0.4) is 0 Å². The lowest BCUT2D eigenvalue weighted by Crippen LogP contribution is -2.53. The van der Waals surface area contributed by atoms with Crippen molar-refractivity contribution in [3.05, 3.63) is 107 Å². The number of aliphatic hydroxyl groups is 1. The molecule has 6 unspecified atom stereocenters. The van der Waals surface area contributed by atoms with Crippen molar-refractivity contribution in [2.45, 2.75) is 31.1 Å². The van der Waals surface area contributed by atoms with E-state index in [4.69, 9.17) is 4.74 Å². The zero-order valence-corrected chi connectivity index (χ0v) is 24.6. The van der Waals surface area contributed by atoms with Crippen molar-refractivity contribution in [2.24, 2.45) is 23.7 Å². The predicted molar refractivity (Wildman–Crippen MR) is 161 cm³/mol. The summed E-state index contributed by atoms with van der Waals surface area (Å²) < 4.78 is 5.61. The van der Waals surface area contributed by atoms with Crippen LogP contribution in [0.2, 0.25) is 0 Å². The molecule has 3 fully saturated rings. The quantitative estimate of drug-likeness (QED) is 0.210. The van der Waals surface area contributed by atoms with E-state index in [1.54, 1.807) is 24.3 Å². The van der Waals surface area contributed by atoms with E-state index in [2.05, 4.69) is 5.43 Å². The van der Waals surface area contributed by atoms with E-state index in [9.17, 15) is 24.7 Å². The van der Waals surface area contributed by atoms with Gasteiger partial charge in [-0.05, 0) is 61.1 Å². The van der Waals surface area contributed by atoms with Gasteiger partial charge in [0.1, 0.15) is 12.4 Å². The SMILES string of the molecule is Cc1ccc(NN2C(=O)C3CC4C(=CCC5C(=O)N(O)C(=O)C54)C(c4ccc(OCCO)cc4)C3(c3ccccc3)C2=O)cc1. The van der Waals surface area contributed by atoms with E-state index in [1.165, 1.54) is 0 Å². The monoisotopic (exact) mass is 607 g/mol. The van der Waals surface area contributed by atoms with Crippen LogP contribution in [0.15, 0.2) is 90.5 Å². The smallest absolute Gasteiger partial charge is 0.260 e. The molecule has 45 heavy (non-hydrogen) atoms. The predicted octanol–water partition coefficient (Wildman–Crippen LogP) is 3.74. The third-order valence-electron chi connectivity index (χ3n) is 9.94. The summed E-state index contributed by atoms with van der Waals surface area (Å²) in [6, 6.07) is 23.9. The highest BCUT2D eigenvalue weighted by Crippen LogP contribution is 2.64. The minimum absolute atomic E-state index is 0.121. The molecule has 1 saturated carbocycles. The minimum Gasteiger partial charge on any atom is -0.491 e. The van der Waals surface area contributed by atoms with E-state index >= 15 is 4.79 Å². The summed E-state index contributed by atoms with van der Waals surface area (Å²) in [5, 5.41) is 20.9. The molecule has 4 aliphatic rings. The van der Waals surface area contributed by atoms with Gasteiger partial charge in [0.25, 0.3) is 23.6 Å². The van der Waals surface area contributed by atoms with Crippen LogP contribution in [0, 0.1) is 30.6 Å². The summed E-state index contributed by atoms with van der Waals surface area (Å²) in [5.74, 6) is -5.28.